The van der Waals surface area contributed by atoms with Gasteiger partial charge in [0.25, 0.3) is 0 Å². The summed E-state index contributed by atoms with van der Waals surface area (Å²) in [5.74, 6) is -0.774. The van der Waals surface area contributed by atoms with E-state index in [0.717, 1.165) is 10.8 Å². The van der Waals surface area contributed by atoms with Crippen LogP contribution >= 0.6 is 0 Å². The molecule has 1 amide bonds. The first-order valence-electron chi connectivity index (χ1n) is 13.0. The van der Waals surface area contributed by atoms with Crippen molar-refractivity contribution in [1.29, 1.82) is 5.41 Å². The SMILES string of the molecule is COC(=O)NCCOC(=O)c1cc2ccc(C(=N)N)cc2n1Cc1cc(S(=O)(=O)c2ccccc2)cc2ccccc12. The third kappa shape index (κ3) is 5.68. The Morgan fingerprint density at radius 2 is 1.64 bits per heavy atom. The molecule has 1 aromatic heterocycles. The maximum absolute atomic E-state index is 13.6. The van der Waals surface area contributed by atoms with Gasteiger partial charge in [0.15, 0.2) is 0 Å². The van der Waals surface area contributed by atoms with Crippen molar-refractivity contribution in [3.63, 3.8) is 0 Å². The van der Waals surface area contributed by atoms with Gasteiger partial charge in [-0.2, -0.15) is 0 Å². The van der Waals surface area contributed by atoms with E-state index in [2.05, 4.69) is 10.1 Å². The molecule has 0 saturated carbocycles. The van der Waals surface area contributed by atoms with Gasteiger partial charge in [-0.3, -0.25) is 5.41 Å². The number of nitrogens with one attached hydrogen (secondary N) is 2. The Kier molecular flexibility index (Phi) is 7.94. The number of carbonyl (C=O) groups excluding carboxylic acids is 2. The van der Waals surface area contributed by atoms with E-state index in [-0.39, 0.29) is 41.0 Å². The van der Waals surface area contributed by atoms with Gasteiger partial charge in [-0.15, -0.1) is 0 Å². The maximum atomic E-state index is 13.6. The van der Waals surface area contributed by atoms with Gasteiger partial charge < -0.3 is 25.1 Å². The van der Waals surface area contributed by atoms with Gasteiger partial charge in [0.1, 0.15) is 18.1 Å². The molecule has 0 radical (unpaired) electrons. The smallest absolute Gasteiger partial charge is 0.406 e. The van der Waals surface area contributed by atoms with E-state index in [0.29, 0.717) is 22.0 Å². The Balaban J connectivity index is 1.61. The highest BCUT2D eigenvalue weighted by molar-refractivity contribution is 7.91. The van der Waals surface area contributed by atoms with Gasteiger partial charge in [-0.05, 0) is 52.7 Å². The molecule has 4 N–H and O–H groups in total. The lowest BCUT2D eigenvalue weighted by Crippen LogP contribution is -2.28. The Hall–Kier alpha value is -5.16. The molecule has 10 nitrogen and oxygen atoms in total. The van der Waals surface area contributed by atoms with E-state index >= 15 is 0 Å². The number of hydrogen-bond acceptors (Lipinski definition) is 7. The van der Waals surface area contributed by atoms with E-state index in [1.165, 1.54) is 7.11 Å². The minimum Gasteiger partial charge on any atom is -0.459 e. The summed E-state index contributed by atoms with van der Waals surface area (Å²) in [6, 6.07) is 25.7. The Morgan fingerprint density at radius 1 is 0.905 bits per heavy atom. The third-order valence-corrected chi connectivity index (χ3v) is 8.58. The molecule has 5 aromatic rings. The molecule has 0 aliphatic carbocycles. The topological polar surface area (TPSA) is 154 Å². The number of benzene rings is 4. The number of nitrogen functional groups attached to an aromatic ring is 1. The molecular weight excluding hydrogens is 556 g/mol. The van der Waals surface area contributed by atoms with Crippen molar-refractivity contribution in [2.75, 3.05) is 20.3 Å². The van der Waals surface area contributed by atoms with E-state index in [1.807, 2.05) is 24.3 Å². The van der Waals surface area contributed by atoms with Crippen molar-refractivity contribution in [2.45, 2.75) is 16.3 Å². The van der Waals surface area contributed by atoms with Gasteiger partial charge in [0.2, 0.25) is 9.84 Å². The Morgan fingerprint density at radius 3 is 2.38 bits per heavy atom. The molecule has 0 bridgehead atoms. The largest absolute Gasteiger partial charge is 0.459 e. The zero-order valence-electron chi connectivity index (χ0n) is 22.7. The van der Waals surface area contributed by atoms with Gasteiger partial charge in [-0.1, -0.05) is 54.6 Å². The molecule has 11 heteroatoms. The van der Waals surface area contributed by atoms with Crippen LogP contribution in [-0.4, -0.2) is 51.1 Å². The number of rotatable bonds is 9. The van der Waals surface area contributed by atoms with Crippen LogP contribution in [0, 0.1) is 5.41 Å². The van der Waals surface area contributed by atoms with Gasteiger partial charge >= 0.3 is 12.1 Å². The maximum Gasteiger partial charge on any atom is 0.406 e. The quantitative estimate of drug-likeness (QED) is 0.1000. The first-order valence-corrected chi connectivity index (χ1v) is 14.5. The number of amidine groups is 1. The summed E-state index contributed by atoms with van der Waals surface area (Å²) in [5, 5.41) is 12.6. The van der Waals surface area contributed by atoms with E-state index in [9.17, 15) is 18.0 Å². The predicted molar refractivity (Wildman–Crippen MR) is 159 cm³/mol. The van der Waals surface area contributed by atoms with Crippen LogP contribution in [0.5, 0.6) is 0 Å². The monoisotopic (exact) mass is 584 g/mol. The van der Waals surface area contributed by atoms with Gasteiger partial charge in [0, 0.05) is 23.0 Å². The van der Waals surface area contributed by atoms with E-state index in [4.69, 9.17) is 15.9 Å². The predicted octanol–water partition coefficient (Wildman–Crippen LogP) is 4.47. The summed E-state index contributed by atoms with van der Waals surface area (Å²) >= 11 is 0. The number of methoxy groups -OCH3 is 1. The minimum atomic E-state index is -3.83. The number of carbonyl (C=O) groups is 2. The fourth-order valence-electron chi connectivity index (χ4n) is 4.76. The summed E-state index contributed by atoms with van der Waals surface area (Å²) < 4.78 is 38.9. The summed E-state index contributed by atoms with van der Waals surface area (Å²) in [6.07, 6.45) is -0.644. The van der Waals surface area contributed by atoms with Gasteiger partial charge in [0.05, 0.1) is 23.4 Å². The van der Waals surface area contributed by atoms with Crippen molar-refractivity contribution >= 4 is 49.4 Å². The molecule has 0 aliphatic heterocycles. The first-order chi connectivity index (χ1) is 20.2. The van der Waals surface area contributed by atoms with Crippen LogP contribution in [0.3, 0.4) is 0 Å². The number of amides is 1. The molecule has 0 unspecified atom stereocenters. The average molecular weight is 585 g/mol. The number of ether oxygens (including phenoxy) is 2. The van der Waals surface area contributed by atoms with E-state index in [1.54, 1.807) is 71.3 Å². The van der Waals surface area contributed by atoms with Crippen molar-refractivity contribution in [3.05, 3.63) is 108 Å². The second-order valence-corrected chi connectivity index (χ2v) is 11.4. The second kappa shape index (κ2) is 11.8. The lowest BCUT2D eigenvalue weighted by molar-refractivity contribution is 0.0495. The van der Waals surface area contributed by atoms with Gasteiger partial charge in [-0.25, -0.2) is 18.0 Å². The summed E-state index contributed by atoms with van der Waals surface area (Å²) in [7, 11) is -2.60. The molecule has 0 aliphatic rings. The molecule has 5 rings (SSSR count). The molecule has 1 heterocycles. The highest BCUT2D eigenvalue weighted by Gasteiger charge is 2.22. The van der Waals surface area contributed by atoms with Crippen LogP contribution < -0.4 is 11.1 Å². The molecule has 0 saturated heterocycles. The fourth-order valence-corrected chi connectivity index (χ4v) is 6.12. The van der Waals surface area contributed by atoms with E-state index < -0.39 is 21.9 Å². The second-order valence-electron chi connectivity index (χ2n) is 9.48. The molecule has 0 atom stereocenters. The van der Waals surface area contributed by atoms with Crippen LogP contribution in [0.1, 0.15) is 21.6 Å². The van der Waals surface area contributed by atoms with Crippen LogP contribution in [0.2, 0.25) is 0 Å². The minimum absolute atomic E-state index is 0.0527. The van der Waals surface area contributed by atoms with Crippen LogP contribution in [0.4, 0.5) is 4.79 Å². The standard InChI is InChI=1S/C31H28N4O6S/c1-40-31(37)34-13-14-41-30(36)28-17-21-11-12-22(29(32)33)18-27(21)35(28)19-23-16-25(15-20-7-5-6-10-26(20)23)42(38,39)24-8-3-2-4-9-24/h2-12,15-18H,13-14,19H2,1H3,(H3,32,33)(H,34,37). The fraction of sp³-hybridized carbons (Fsp3) is 0.129. The lowest BCUT2D eigenvalue weighted by atomic mass is 10.0. The van der Waals surface area contributed by atoms with Crippen molar-refractivity contribution in [1.82, 2.24) is 9.88 Å². The zero-order chi connectivity index (χ0) is 29.9. The molecular formula is C31H28N4O6S. The number of esters is 1. The number of fused-ring (bicyclic) bond motifs is 2. The molecule has 0 spiro atoms. The summed E-state index contributed by atoms with van der Waals surface area (Å²) in [4.78, 5) is 24.9. The molecule has 0 fully saturated rings. The number of aromatic nitrogens is 1. The van der Waals surface area contributed by atoms with Crippen molar-refractivity contribution in [3.8, 4) is 0 Å². The number of hydrogen-bond donors (Lipinski definition) is 3. The number of sulfone groups is 1. The molecule has 214 valence electrons. The highest BCUT2D eigenvalue weighted by Crippen LogP contribution is 2.30. The summed E-state index contributed by atoms with van der Waals surface area (Å²) in [5.41, 5.74) is 7.71. The summed E-state index contributed by atoms with van der Waals surface area (Å²) in [6.45, 7) is 0.0768. The van der Waals surface area contributed by atoms with Crippen molar-refractivity contribution < 1.29 is 27.5 Å². The Bertz CT molecular complexity index is 1930. The number of alkyl carbamates (subject to hydrolysis) is 1. The number of nitrogens with two attached hydrogens (primary N) is 1. The number of nitrogens with zero attached hydrogens (tertiary/aromatic N) is 1. The van der Waals surface area contributed by atoms with Crippen molar-refractivity contribution in [2.24, 2.45) is 5.73 Å². The molecule has 4 aromatic carbocycles. The van der Waals surface area contributed by atoms with Crippen LogP contribution in [-0.2, 0) is 25.9 Å². The highest BCUT2D eigenvalue weighted by atomic mass is 32.2. The van der Waals surface area contributed by atoms with Crippen LogP contribution in [0.15, 0.2) is 101 Å². The lowest BCUT2D eigenvalue weighted by Gasteiger charge is -2.15. The normalized spacial score (nSPS) is 11.4. The first kappa shape index (κ1) is 28.4. The Labute approximate surface area is 242 Å². The third-order valence-electron chi connectivity index (χ3n) is 6.83. The molecule has 42 heavy (non-hydrogen) atoms. The zero-order valence-corrected chi connectivity index (χ0v) is 23.5. The van der Waals surface area contributed by atoms with Crippen LogP contribution in [0.25, 0.3) is 21.7 Å². The average Bonchev–Trinajstić information content (AvgIpc) is 3.36.